The molecule has 3 unspecified atom stereocenters. The molecular weight excluding hydrogens is 467 g/mol. The molecule has 0 spiro atoms. The molecule has 0 aromatic heterocycles. The molecule has 0 aliphatic heterocycles. The Morgan fingerprint density at radius 3 is 2.39 bits per heavy atom. The molecular formula is C19H23N3NaO5P2S+. The number of methoxy groups -OCH3 is 1. The third-order valence-corrected chi connectivity index (χ3v) is 6.90. The number of hydrogen-bond acceptors (Lipinski definition) is 7. The summed E-state index contributed by atoms with van der Waals surface area (Å²) in [6.07, 6.45) is 3.17. The molecule has 2 rings (SSSR count). The topological polar surface area (TPSA) is 106 Å². The van der Waals surface area contributed by atoms with Crippen molar-refractivity contribution >= 4 is 32.7 Å². The van der Waals surface area contributed by atoms with Crippen molar-refractivity contribution in [2.45, 2.75) is 5.78 Å². The summed E-state index contributed by atoms with van der Waals surface area (Å²) in [5.74, 6) is -0.00639. The first-order valence-corrected chi connectivity index (χ1v) is 12.7. The van der Waals surface area contributed by atoms with Crippen LogP contribution in [0.5, 0.6) is 11.5 Å². The van der Waals surface area contributed by atoms with E-state index in [0.29, 0.717) is 11.3 Å². The van der Waals surface area contributed by atoms with E-state index in [9.17, 15) is 14.4 Å². The van der Waals surface area contributed by atoms with Crippen molar-refractivity contribution in [1.82, 2.24) is 10.1 Å². The molecule has 160 valence electrons. The second kappa shape index (κ2) is 13.4. The van der Waals surface area contributed by atoms with E-state index < -0.39 is 20.5 Å². The Morgan fingerprint density at radius 1 is 1.29 bits per heavy atom. The molecule has 0 heterocycles. The third kappa shape index (κ3) is 9.10. The molecule has 31 heavy (non-hydrogen) atoms. The molecule has 2 aromatic rings. The second-order valence-electron chi connectivity index (χ2n) is 6.07. The van der Waals surface area contributed by atoms with Crippen LogP contribution >= 0.6 is 14.7 Å². The fraction of sp³-hybridized carbons (Fsp3) is 0.211. The van der Waals surface area contributed by atoms with Gasteiger partial charge in [-0.3, -0.25) is 9.84 Å². The number of hydrazone groups is 1. The summed E-state index contributed by atoms with van der Waals surface area (Å²) in [6.45, 7) is 3.75. The Balaban J connectivity index is 0.00000480. The van der Waals surface area contributed by atoms with Gasteiger partial charge in [-0.25, -0.2) is 0 Å². The van der Waals surface area contributed by atoms with E-state index >= 15 is 0 Å². The number of benzene rings is 2. The first-order valence-electron chi connectivity index (χ1n) is 8.79. The Bertz CT molecular complexity index is 939. The van der Waals surface area contributed by atoms with Crippen LogP contribution in [-0.2, 0) is 16.4 Å². The molecule has 0 saturated heterocycles. The first kappa shape index (κ1) is 27.9. The van der Waals surface area contributed by atoms with E-state index in [1.165, 1.54) is 10.9 Å². The maximum absolute atomic E-state index is 11.6. The first-order chi connectivity index (χ1) is 14.2. The van der Waals surface area contributed by atoms with Crippen molar-refractivity contribution in [3.05, 3.63) is 72.3 Å². The van der Waals surface area contributed by atoms with Gasteiger partial charge in [-0.15, -0.1) is 11.7 Å². The molecule has 0 aliphatic carbocycles. The average molecular weight is 490 g/mol. The minimum atomic E-state index is -4.63. The molecule has 12 heteroatoms. The van der Waals surface area contributed by atoms with E-state index in [0.717, 1.165) is 11.3 Å². The largest absolute Gasteiger partial charge is 1.00 e. The van der Waals surface area contributed by atoms with Gasteiger partial charge in [0.1, 0.15) is 5.75 Å². The number of ether oxygens (including phenoxy) is 1. The second-order valence-corrected chi connectivity index (χ2v) is 9.89. The van der Waals surface area contributed by atoms with Crippen LogP contribution in [0.25, 0.3) is 0 Å². The van der Waals surface area contributed by atoms with Crippen LogP contribution in [0.15, 0.2) is 66.3 Å². The van der Waals surface area contributed by atoms with E-state index in [4.69, 9.17) is 21.1 Å². The Kier molecular flexibility index (Phi) is 12.1. The summed E-state index contributed by atoms with van der Waals surface area (Å²) in [6, 6.07) is 13.7. The molecule has 0 fully saturated rings. The minimum Gasteiger partial charge on any atom is -0.777 e. The van der Waals surface area contributed by atoms with Gasteiger partial charge in [0.25, 0.3) is 0 Å². The summed E-state index contributed by atoms with van der Waals surface area (Å²) >= 11 is 5.37. The van der Waals surface area contributed by atoms with Gasteiger partial charge in [0.15, 0.2) is 13.3 Å². The molecule has 0 aliphatic rings. The third-order valence-electron chi connectivity index (χ3n) is 3.89. The van der Waals surface area contributed by atoms with Gasteiger partial charge in [-0.1, -0.05) is 23.0 Å². The van der Waals surface area contributed by atoms with Crippen molar-refractivity contribution in [3.63, 3.8) is 0 Å². The molecule has 3 atom stereocenters. The summed E-state index contributed by atoms with van der Waals surface area (Å²) in [5.41, 5.74) is 1.26. The van der Waals surface area contributed by atoms with E-state index in [1.54, 1.807) is 44.6 Å². The van der Waals surface area contributed by atoms with Gasteiger partial charge < -0.3 is 19.1 Å². The Hall–Kier alpha value is -1.12. The summed E-state index contributed by atoms with van der Waals surface area (Å²) in [5, 5.41) is 7.00. The molecule has 0 radical (unpaired) electrons. The Labute approximate surface area is 210 Å². The molecule has 0 bridgehead atoms. The fourth-order valence-electron chi connectivity index (χ4n) is 2.36. The van der Waals surface area contributed by atoms with Crippen molar-refractivity contribution in [3.8, 4) is 11.5 Å². The zero-order valence-electron chi connectivity index (χ0n) is 17.5. The minimum absolute atomic E-state index is 0. The van der Waals surface area contributed by atoms with Crippen molar-refractivity contribution in [2.75, 3.05) is 20.7 Å². The maximum Gasteiger partial charge on any atom is 1.00 e. The van der Waals surface area contributed by atoms with Crippen LogP contribution in [-0.4, -0.2) is 36.6 Å². The molecule has 8 nitrogen and oxygen atoms in total. The number of nitrogens with zero attached hydrogens (tertiary/aromatic N) is 2. The smallest absolute Gasteiger partial charge is 0.777 e. The van der Waals surface area contributed by atoms with Crippen molar-refractivity contribution in [2.24, 2.45) is 5.10 Å². The number of nitrogens with one attached hydrogen (secondary N) is 1. The van der Waals surface area contributed by atoms with E-state index in [1.807, 2.05) is 24.3 Å². The summed E-state index contributed by atoms with van der Waals surface area (Å²) < 4.78 is 24.0. The van der Waals surface area contributed by atoms with Crippen LogP contribution in [0.4, 0.5) is 0 Å². The SMILES string of the molecule is C=CCNC(c1ccc(O[P+](=S)N(C)/N=C/c2ccc(OC)cc2)cc1)P(=O)([O-])O.[Na+]. The monoisotopic (exact) mass is 490 g/mol. The van der Waals surface area contributed by atoms with Gasteiger partial charge in [-0.2, -0.15) is 0 Å². The van der Waals surface area contributed by atoms with Crippen LogP contribution in [0.1, 0.15) is 16.9 Å². The summed E-state index contributed by atoms with van der Waals surface area (Å²) in [4.78, 5) is 21.1. The van der Waals surface area contributed by atoms with Gasteiger partial charge in [0.05, 0.1) is 26.2 Å². The van der Waals surface area contributed by atoms with Crippen molar-refractivity contribution in [1.29, 1.82) is 0 Å². The van der Waals surface area contributed by atoms with Gasteiger partial charge in [0.2, 0.25) is 11.8 Å². The predicted molar refractivity (Wildman–Crippen MR) is 120 cm³/mol. The number of rotatable bonds is 11. The molecule has 0 amide bonds. The van der Waals surface area contributed by atoms with E-state index in [2.05, 4.69) is 17.0 Å². The van der Waals surface area contributed by atoms with Crippen molar-refractivity contribution < 1.29 is 53.2 Å². The quantitative estimate of drug-likeness (QED) is 0.151. The standard InChI is InChI=1S/C19H23N3O5P2S.Na/c1-4-13-20-19(29(23,24)25)16-7-11-18(12-8-16)27-28(30)22(2)21-14-15-5-9-17(26-3)10-6-15;/h4-12,14,19-20H,1,13H2,2-3H3,(H-,23,24,25);/q;+1/b21-14+;. The van der Waals surface area contributed by atoms with Gasteiger partial charge in [-0.05, 0) is 47.5 Å². The normalized spacial score (nSPS) is 14.1. The van der Waals surface area contributed by atoms with E-state index in [-0.39, 0.29) is 36.1 Å². The Morgan fingerprint density at radius 2 is 1.87 bits per heavy atom. The van der Waals surface area contributed by atoms with Gasteiger partial charge in [0, 0.05) is 6.54 Å². The molecule has 2 N–H and O–H groups in total. The van der Waals surface area contributed by atoms with Crippen LogP contribution in [0.3, 0.4) is 0 Å². The van der Waals surface area contributed by atoms with Gasteiger partial charge >= 0.3 is 36.6 Å². The fourth-order valence-corrected chi connectivity index (χ4v) is 4.19. The predicted octanol–water partition coefficient (Wildman–Crippen LogP) is 0.138. The zero-order valence-corrected chi connectivity index (χ0v) is 22.1. The number of hydrogen-bond donors (Lipinski definition) is 2. The molecule has 2 aromatic carbocycles. The summed E-state index contributed by atoms with van der Waals surface area (Å²) in [7, 11) is -2.80. The molecule has 0 saturated carbocycles. The zero-order chi connectivity index (χ0) is 22.1. The maximum atomic E-state index is 11.6. The van der Waals surface area contributed by atoms with Crippen LogP contribution in [0.2, 0.25) is 0 Å². The van der Waals surface area contributed by atoms with Crippen LogP contribution < -0.4 is 49.0 Å². The van der Waals surface area contributed by atoms with Crippen LogP contribution in [0, 0.1) is 0 Å². The average Bonchev–Trinajstić information content (AvgIpc) is 2.72.